The molecule has 0 atom stereocenters. The van der Waals surface area contributed by atoms with E-state index in [4.69, 9.17) is 0 Å². The molecule has 0 bridgehead atoms. The molecular formula is C21H26N2O3S. The molecule has 1 fully saturated rings. The molecule has 0 saturated carbocycles. The number of carbonyl (C=O) groups excluding carboxylic acids is 1. The molecule has 5 nitrogen and oxygen atoms in total. The fourth-order valence-electron chi connectivity index (χ4n) is 3.25. The molecule has 0 spiro atoms. The van der Waals surface area contributed by atoms with E-state index in [2.05, 4.69) is 5.32 Å². The van der Waals surface area contributed by atoms with Crippen molar-refractivity contribution in [1.82, 2.24) is 4.31 Å². The van der Waals surface area contributed by atoms with Gasteiger partial charge in [-0.1, -0.05) is 25.0 Å². The molecule has 6 heteroatoms. The van der Waals surface area contributed by atoms with Crippen LogP contribution >= 0.6 is 0 Å². The molecule has 1 amide bonds. The Morgan fingerprint density at radius 2 is 1.63 bits per heavy atom. The first kappa shape index (κ1) is 19.6. The number of hydrogen-bond donors (Lipinski definition) is 1. The SMILES string of the molecule is Cc1ccc(NC(=O)c2cccc(S(=O)(=O)N3CCCCCC3)c2)cc1C. The van der Waals surface area contributed by atoms with Crippen LogP contribution in [0, 0.1) is 13.8 Å². The van der Waals surface area contributed by atoms with Crippen LogP contribution in [0.4, 0.5) is 5.69 Å². The van der Waals surface area contributed by atoms with Crippen LogP contribution in [0.2, 0.25) is 0 Å². The zero-order chi connectivity index (χ0) is 19.4. The van der Waals surface area contributed by atoms with Crippen LogP contribution in [0.1, 0.15) is 47.2 Å². The second-order valence-electron chi connectivity index (χ2n) is 7.10. The van der Waals surface area contributed by atoms with E-state index in [0.29, 0.717) is 24.3 Å². The highest BCUT2D eigenvalue weighted by Crippen LogP contribution is 2.22. The molecule has 0 radical (unpaired) electrons. The molecule has 1 aliphatic rings. The zero-order valence-corrected chi connectivity index (χ0v) is 16.7. The number of hydrogen-bond acceptors (Lipinski definition) is 3. The molecular weight excluding hydrogens is 360 g/mol. The average Bonchev–Trinajstić information content (AvgIpc) is 2.95. The van der Waals surface area contributed by atoms with Crippen LogP contribution in [0.3, 0.4) is 0 Å². The molecule has 2 aromatic rings. The number of nitrogens with zero attached hydrogens (tertiary/aromatic N) is 1. The molecule has 1 heterocycles. The summed E-state index contributed by atoms with van der Waals surface area (Å²) in [4.78, 5) is 12.8. The van der Waals surface area contributed by atoms with Crippen molar-refractivity contribution in [3.63, 3.8) is 0 Å². The lowest BCUT2D eigenvalue weighted by Crippen LogP contribution is -2.32. The Hall–Kier alpha value is -2.18. The van der Waals surface area contributed by atoms with Crippen LogP contribution in [-0.2, 0) is 10.0 Å². The molecule has 2 aromatic carbocycles. The van der Waals surface area contributed by atoms with E-state index in [1.165, 1.54) is 6.07 Å². The summed E-state index contributed by atoms with van der Waals surface area (Å²) in [5.41, 5.74) is 3.27. The first-order chi connectivity index (χ1) is 12.9. The van der Waals surface area contributed by atoms with Gasteiger partial charge in [-0.15, -0.1) is 0 Å². The van der Waals surface area contributed by atoms with Gasteiger partial charge >= 0.3 is 0 Å². The minimum absolute atomic E-state index is 0.178. The second kappa shape index (κ2) is 8.23. The Labute approximate surface area is 161 Å². The number of benzene rings is 2. The predicted octanol–water partition coefficient (Wildman–Crippen LogP) is 4.12. The number of aryl methyl sites for hydroxylation is 2. The molecule has 27 heavy (non-hydrogen) atoms. The van der Waals surface area contributed by atoms with Gasteiger partial charge in [0.25, 0.3) is 5.91 Å². The first-order valence-corrected chi connectivity index (χ1v) is 10.8. The van der Waals surface area contributed by atoms with E-state index in [0.717, 1.165) is 36.8 Å². The summed E-state index contributed by atoms with van der Waals surface area (Å²) in [6, 6.07) is 12.0. The Morgan fingerprint density at radius 3 is 2.30 bits per heavy atom. The van der Waals surface area contributed by atoms with Crippen LogP contribution in [0.25, 0.3) is 0 Å². The highest BCUT2D eigenvalue weighted by atomic mass is 32.2. The van der Waals surface area contributed by atoms with Gasteiger partial charge in [0.2, 0.25) is 10.0 Å². The van der Waals surface area contributed by atoms with Crippen LogP contribution in [0.15, 0.2) is 47.4 Å². The summed E-state index contributed by atoms with van der Waals surface area (Å²) < 4.78 is 27.4. The minimum atomic E-state index is -3.57. The lowest BCUT2D eigenvalue weighted by molar-refractivity contribution is 0.102. The van der Waals surface area contributed by atoms with Crippen LogP contribution < -0.4 is 5.32 Å². The predicted molar refractivity (Wildman–Crippen MR) is 108 cm³/mol. The number of rotatable bonds is 4. The molecule has 144 valence electrons. The maximum absolute atomic E-state index is 12.9. The lowest BCUT2D eigenvalue weighted by Gasteiger charge is -2.20. The summed E-state index contributed by atoms with van der Waals surface area (Å²) in [7, 11) is -3.57. The number of carbonyl (C=O) groups is 1. The highest BCUT2D eigenvalue weighted by molar-refractivity contribution is 7.89. The number of amides is 1. The van der Waals surface area contributed by atoms with E-state index < -0.39 is 10.0 Å². The summed E-state index contributed by atoms with van der Waals surface area (Å²) in [5.74, 6) is -0.314. The van der Waals surface area contributed by atoms with Crippen molar-refractivity contribution in [2.24, 2.45) is 0 Å². The topological polar surface area (TPSA) is 66.5 Å². The summed E-state index contributed by atoms with van der Waals surface area (Å²) in [5, 5.41) is 2.85. The number of sulfonamides is 1. The minimum Gasteiger partial charge on any atom is -0.322 e. The smallest absolute Gasteiger partial charge is 0.255 e. The molecule has 0 aliphatic carbocycles. The summed E-state index contributed by atoms with van der Waals surface area (Å²) in [6.07, 6.45) is 3.88. The van der Waals surface area contributed by atoms with Crippen molar-refractivity contribution in [3.8, 4) is 0 Å². The third-order valence-electron chi connectivity index (χ3n) is 5.06. The van der Waals surface area contributed by atoms with Crippen molar-refractivity contribution in [3.05, 3.63) is 59.2 Å². The van der Waals surface area contributed by atoms with E-state index in [9.17, 15) is 13.2 Å². The van der Waals surface area contributed by atoms with Crippen molar-refractivity contribution < 1.29 is 13.2 Å². The van der Waals surface area contributed by atoms with Crippen molar-refractivity contribution in [2.75, 3.05) is 18.4 Å². The largest absolute Gasteiger partial charge is 0.322 e. The molecule has 0 aromatic heterocycles. The van der Waals surface area contributed by atoms with Crippen LogP contribution in [0.5, 0.6) is 0 Å². The van der Waals surface area contributed by atoms with Gasteiger partial charge < -0.3 is 5.32 Å². The van der Waals surface area contributed by atoms with Gasteiger partial charge in [-0.2, -0.15) is 4.31 Å². The summed E-state index contributed by atoms with van der Waals surface area (Å²) in [6.45, 7) is 5.08. The molecule has 1 saturated heterocycles. The quantitative estimate of drug-likeness (QED) is 0.859. The van der Waals surface area contributed by atoms with Crippen LogP contribution in [-0.4, -0.2) is 31.7 Å². The van der Waals surface area contributed by atoms with Gasteiger partial charge in [0, 0.05) is 24.3 Å². The molecule has 3 rings (SSSR count). The maximum Gasteiger partial charge on any atom is 0.255 e. The van der Waals surface area contributed by atoms with E-state index in [1.807, 2.05) is 32.0 Å². The van der Waals surface area contributed by atoms with Gasteiger partial charge in [-0.05, 0) is 68.1 Å². The zero-order valence-electron chi connectivity index (χ0n) is 15.9. The highest BCUT2D eigenvalue weighted by Gasteiger charge is 2.25. The van der Waals surface area contributed by atoms with Crippen molar-refractivity contribution in [2.45, 2.75) is 44.4 Å². The molecule has 0 unspecified atom stereocenters. The lowest BCUT2D eigenvalue weighted by atomic mass is 10.1. The average molecular weight is 387 g/mol. The third kappa shape index (κ3) is 4.57. The summed E-state index contributed by atoms with van der Waals surface area (Å²) >= 11 is 0. The third-order valence-corrected chi connectivity index (χ3v) is 6.96. The van der Waals surface area contributed by atoms with Gasteiger partial charge in [0.15, 0.2) is 0 Å². The molecule has 1 N–H and O–H groups in total. The fourth-order valence-corrected chi connectivity index (χ4v) is 4.81. The van der Waals surface area contributed by atoms with E-state index in [-0.39, 0.29) is 10.8 Å². The Kier molecular flexibility index (Phi) is 5.97. The van der Waals surface area contributed by atoms with Crippen molar-refractivity contribution in [1.29, 1.82) is 0 Å². The van der Waals surface area contributed by atoms with E-state index in [1.54, 1.807) is 22.5 Å². The second-order valence-corrected chi connectivity index (χ2v) is 9.04. The monoisotopic (exact) mass is 386 g/mol. The Bertz CT molecular complexity index is 930. The van der Waals surface area contributed by atoms with Gasteiger partial charge in [-0.3, -0.25) is 4.79 Å². The first-order valence-electron chi connectivity index (χ1n) is 9.37. The Balaban J connectivity index is 1.81. The maximum atomic E-state index is 12.9. The number of nitrogens with one attached hydrogen (secondary N) is 1. The number of anilines is 1. The van der Waals surface area contributed by atoms with Gasteiger partial charge in [0.05, 0.1) is 4.90 Å². The normalized spacial score (nSPS) is 15.9. The van der Waals surface area contributed by atoms with Gasteiger partial charge in [-0.25, -0.2) is 8.42 Å². The Morgan fingerprint density at radius 1 is 0.926 bits per heavy atom. The standard InChI is InChI=1S/C21H26N2O3S/c1-16-10-11-19(14-17(16)2)22-21(24)18-8-7-9-20(15-18)27(25,26)23-12-5-3-4-6-13-23/h7-11,14-15H,3-6,12-13H2,1-2H3,(H,22,24). The fraction of sp³-hybridized carbons (Fsp3) is 0.381. The molecule has 1 aliphatic heterocycles. The van der Waals surface area contributed by atoms with Crippen molar-refractivity contribution >= 4 is 21.6 Å². The van der Waals surface area contributed by atoms with Gasteiger partial charge in [0.1, 0.15) is 0 Å². The van der Waals surface area contributed by atoms with E-state index >= 15 is 0 Å².